The highest BCUT2D eigenvalue weighted by molar-refractivity contribution is 6.30. The van der Waals surface area contributed by atoms with E-state index in [-0.39, 0.29) is 11.6 Å². The Hall–Kier alpha value is -1.58. The fraction of sp³-hybridized carbons (Fsp3) is 0.294. The van der Waals surface area contributed by atoms with Gasteiger partial charge in [0.15, 0.2) is 11.6 Å². The summed E-state index contributed by atoms with van der Waals surface area (Å²) in [5.74, 6) is -0.101. The van der Waals surface area contributed by atoms with Crippen LogP contribution in [0.15, 0.2) is 36.4 Å². The monoisotopic (exact) mass is 305 g/mol. The van der Waals surface area contributed by atoms with E-state index in [1.54, 1.807) is 6.07 Å². The van der Waals surface area contributed by atoms with E-state index in [1.165, 1.54) is 26.0 Å². The predicted octanol–water partition coefficient (Wildman–Crippen LogP) is 4.41. The van der Waals surface area contributed by atoms with Crippen molar-refractivity contribution in [3.63, 3.8) is 0 Å². The molecule has 0 bridgehead atoms. The third-order valence-electron chi connectivity index (χ3n) is 3.69. The van der Waals surface area contributed by atoms with Gasteiger partial charge in [-0.1, -0.05) is 23.7 Å². The van der Waals surface area contributed by atoms with E-state index in [4.69, 9.17) is 16.3 Å². The molecule has 21 heavy (non-hydrogen) atoms. The van der Waals surface area contributed by atoms with Crippen LogP contribution in [0.2, 0.25) is 5.02 Å². The smallest absolute Gasteiger partial charge is 0.165 e. The Morgan fingerprint density at radius 1 is 1.24 bits per heavy atom. The van der Waals surface area contributed by atoms with E-state index in [0.717, 1.165) is 23.2 Å². The van der Waals surface area contributed by atoms with Crippen molar-refractivity contribution in [2.75, 3.05) is 7.11 Å². The van der Waals surface area contributed by atoms with Crippen LogP contribution >= 0.6 is 11.6 Å². The van der Waals surface area contributed by atoms with Crippen LogP contribution in [0, 0.1) is 5.82 Å². The number of hydrogen-bond acceptors (Lipinski definition) is 2. The molecule has 0 unspecified atom stereocenters. The maximum absolute atomic E-state index is 13.9. The fourth-order valence-electron chi connectivity index (χ4n) is 2.37. The molecule has 0 heterocycles. The average Bonchev–Trinajstić information content (AvgIpc) is 3.29. The van der Waals surface area contributed by atoms with Gasteiger partial charge in [0.05, 0.1) is 7.11 Å². The number of nitrogens with one attached hydrogen (secondary N) is 1. The fourth-order valence-corrected chi connectivity index (χ4v) is 2.56. The van der Waals surface area contributed by atoms with E-state index < -0.39 is 0 Å². The molecule has 0 amide bonds. The molecule has 0 radical (unpaired) electrons. The number of methoxy groups -OCH3 is 1. The molecule has 2 aromatic carbocycles. The van der Waals surface area contributed by atoms with Crippen LogP contribution < -0.4 is 10.1 Å². The molecule has 1 N–H and O–H groups in total. The van der Waals surface area contributed by atoms with Gasteiger partial charge in [0.2, 0.25) is 0 Å². The average molecular weight is 306 g/mol. The Bertz CT molecular complexity index is 655. The summed E-state index contributed by atoms with van der Waals surface area (Å²) in [6, 6.07) is 11.3. The molecule has 0 atom stereocenters. The van der Waals surface area contributed by atoms with Crippen LogP contribution in [0.3, 0.4) is 0 Å². The molecule has 1 aliphatic carbocycles. The lowest BCUT2D eigenvalue weighted by Crippen LogP contribution is -2.15. The first-order valence-corrected chi connectivity index (χ1v) is 7.41. The Morgan fingerprint density at radius 3 is 2.71 bits per heavy atom. The van der Waals surface area contributed by atoms with Gasteiger partial charge >= 0.3 is 0 Å². The van der Waals surface area contributed by atoms with Crippen LogP contribution in [0.1, 0.15) is 18.4 Å². The lowest BCUT2D eigenvalue weighted by Gasteiger charge is -2.12. The summed E-state index contributed by atoms with van der Waals surface area (Å²) in [5, 5.41) is 4.17. The van der Waals surface area contributed by atoms with E-state index in [0.29, 0.717) is 11.1 Å². The van der Waals surface area contributed by atoms with Gasteiger partial charge in [-0.15, -0.1) is 0 Å². The van der Waals surface area contributed by atoms with Crippen LogP contribution in [0.4, 0.5) is 4.39 Å². The topological polar surface area (TPSA) is 21.3 Å². The zero-order valence-electron chi connectivity index (χ0n) is 11.8. The number of ether oxygens (including phenoxy) is 1. The van der Waals surface area contributed by atoms with Gasteiger partial charge in [0.1, 0.15) is 0 Å². The summed E-state index contributed by atoms with van der Waals surface area (Å²) in [7, 11) is 1.46. The maximum atomic E-state index is 13.9. The lowest BCUT2D eigenvalue weighted by molar-refractivity contribution is 0.386. The second-order valence-corrected chi connectivity index (χ2v) is 5.74. The number of rotatable bonds is 5. The first-order chi connectivity index (χ1) is 10.2. The molecular weight excluding hydrogens is 289 g/mol. The van der Waals surface area contributed by atoms with Gasteiger partial charge in [-0.25, -0.2) is 4.39 Å². The normalized spacial score (nSPS) is 14.2. The number of hydrogen-bond donors (Lipinski definition) is 1. The molecule has 0 aliphatic heterocycles. The summed E-state index contributed by atoms with van der Waals surface area (Å²) < 4.78 is 18.9. The van der Waals surface area contributed by atoms with Crippen LogP contribution in [-0.2, 0) is 6.54 Å². The minimum atomic E-state index is -0.356. The van der Waals surface area contributed by atoms with Crippen molar-refractivity contribution in [2.45, 2.75) is 25.4 Å². The van der Waals surface area contributed by atoms with Crippen LogP contribution in [-0.4, -0.2) is 13.2 Å². The molecule has 0 aromatic heterocycles. The highest BCUT2D eigenvalue weighted by Gasteiger charge is 2.20. The van der Waals surface area contributed by atoms with E-state index in [1.807, 2.05) is 24.3 Å². The van der Waals surface area contributed by atoms with Crippen molar-refractivity contribution in [3.05, 3.63) is 52.8 Å². The van der Waals surface area contributed by atoms with E-state index in [2.05, 4.69) is 5.32 Å². The first kappa shape index (κ1) is 14.4. The molecule has 110 valence electrons. The van der Waals surface area contributed by atoms with E-state index >= 15 is 0 Å². The Morgan fingerprint density at radius 2 is 2.05 bits per heavy atom. The van der Waals surface area contributed by atoms with Crippen molar-refractivity contribution in [2.24, 2.45) is 0 Å². The molecular formula is C17H17ClFNO. The van der Waals surface area contributed by atoms with Crippen molar-refractivity contribution < 1.29 is 9.13 Å². The molecule has 4 heteroatoms. The summed E-state index contributed by atoms with van der Waals surface area (Å²) >= 11 is 6.09. The second kappa shape index (κ2) is 6.04. The zero-order chi connectivity index (χ0) is 14.8. The highest BCUT2D eigenvalue weighted by atomic mass is 35.5. The van der Waals surface area contributed by atoms with Crippen molar-refractivity contribution in [1.29, 1.82) is 0 Å². The molecule has 1 saturated carbocycles. The van der Waals surface area contributed by atoms with Gasteiger partial charge < -0.3 is 10.1 Å². The quantitative estimate of drug-likeness (QED) is 0.883. The SMILES string of the molecule is COc1ccc(-c2ccc(Cl)cc2CNC2CC2)cc1F. The second-order valence-electron chi connectivity index (χ2n) is 5.31. The van der Waals surface area contributed by atoms with Crippen molar-refractivity contribution in [3.8, 4) is 16.9 Å². The third-order valence-corrected chi connectivity index (χ3v) is 3.92. The summed E-state index contributed by atoms with van der Waals surface area (Å²) in [4.78, 5) is 0. The van der Waals surface area contributed by atoms with Gasteiger partial charge in [-0.05, 0) is 53.8 Å². The summed E-state index contributed by atoms with van der Waals surface area (Å²) in [6.45, 7) is 0.744. The standard InChI is InChI=1S/C17H17ClFNO/c1-21-17-7-2-11(9-16(17)19)15-6-3-13(18)8-12(15)10-20-14-4-5-14/h2-3,6-9,14,20H,4-5,10H2,1H3. The Kier molecular flexibility index (Phi) is 4.13. The van der Waals surface area contributed by atoms with Gasteiger partial charge in [-0.3, -0.25) is 0 Å². The van der Waals surface area contributed by atoms with Gasteiger partial charge in [0, 0.05) is 17.6 Å². The summed E-state index contributed by atoms with van der Waals surface area (Å²) in [5.41, 5.74) is 2.91. The lowest BCUT2D eigenvalue weighted by atomic mass is 9.99. The van der Waals surface area contributed by atoms with E-state index in [9.17, 15) is 4.39 Å². The minimum absolute atomic E-state index is 0.255. The first-order valence-electron chi connectivity index (χ1n) is 7.03. The molecule has 1 fully saturated rings. The largest absolute Gasteiger partial charge is 0.494 e. The Balaban J connectivity index is 1.93. The van der Waals surface area contributed by atoms with Crippen molar-refractivity contribution in [1.82, 2.24) is 5.32 Å². The molecule has 1 aliphatic rings. The molecule has 0 spiro atoms. The molecule has 0 saturated heterocycles. The summed E-state index contributed by atoms with van der Waals surface area (Å²) in [6.07, 6.45) is 2.46. The van der Waals surface area contributed by atoms with Crippen LogP contribution in [0.25, 0.3) is 11.1 Å². The molecule has 2 nitrogen and oxygen atoms in total. The third kappa shape index (κ3) is 3.36. The highest BCUT2D eigenvalue weighted by Crippen LogP contribution is 2.30. The maximum Gasteiger partial charge on any atom is 0.165 e. The zero-order valence-corrected chi connectivity index (χ0v) is 12.6. The predicted molar refractivity (Wildman–Crippen MR) is 83.3 cm³/mol. The van der Waals surface area contributed by atoms with Crippen molar-refractivity contribution >= 4 is 11.6 Å². The molecule has 3 rings (SSSR count). The Labute approximate surface area is 128 Å². The van der Waals surface area contributed by atoms with Gasteiger partial charge in [-0.2, -0.15) is 0 Å². The van der Waals surface area contributed by atoms with Gasteiger partial charge in [0.25, 0.3) is 0 Å². The number of halogens is 2. The van der Waals surface area contributed by atoms with Crippen LogP contribution in [0.5, 0.6) is 5.75 Å². The molecule has 2 aromatic rings. The number of benzene rings is 2. The minimum Gasteiger partial charge on any atom is -0.494 e.